The van der Waals surface area contributed by atoms with E-state index in [0.29, 0.717) is 0 Å². The molecule has 0 aromatic carbocycles. The lowest BCUT2D eigenvalue weighted by atomic mass is 9.99. The maximum absolute atomic E-state index is 3.93. The molecule has 1 unspecified atom stereocenters. The molecular formula is C16H34N2. The zero-order chi connectivity index (χ0) is 13.2. The van der Waals surface area contributed by atoms with Gasteiger partial charge in [0.15, 0.2) is 0 Å². The topological polar surface area (TPSA) is 15.3 Å². The van der Waals surface area contributed by atoms with Crippen LogP contribution in [0.15, 0.2) is 0 Å². The molecule has 2 nitrogen and oxygen atoms in total. The van der Waals surface area contributed by atoms with Crippen molar-refractivity contribution in [2.24, 2.45) is 0 Å². The van der Waals surface area contributed by atoms with Crippen molar-refractivity contribution < 1.29 is 0 Å². The third-order valence-electron chi connectivity index (χ3n) is 4.14. The molecule has 1 aliphatic heterocycles. The Morgan fingerprint density at radius 1 is 1.00 bits per heavy atom. The van der Waals surface area contributed by atoms with Crippen LogP contribution in [0.4, 0.5) is 0 Å². The van der Waals surface area contributed by atoms with Crippen LogP contribution in [0.2, 0.25) is 0 Å². The van der Waals surface area contributed by atoms with E-state index < -0.39 is 0 Å². The number of hydrogen-bond acceptors (Lipinski definition) is 2. The van der Waals surface area contributed by atoms with Gasteiger partial charge in [-0.1, -0.05) is 40.0 Å². The van der Waals surface area contributed by atoms with Crippen LogP contribution >= 0.6 is 0 Å². The molecule has 0 aromatic heterocycles. The standard InChI is InChI=1S/C16H34N2/c1-4-7-9-15(8-5-2)17-16-10-13-18(12-6-3)14-11-16/h15-17H,4-14H2,1-3H3. The van der Waals surface area contributed by atoms with E-state index >= 15 is 0 Å². The zero-order valence-corrected chi connectivity index (χ0v) is 12.9. The maximum Gasteiger partial charge on any atom is 0.00940 e. The van der Waals surface area contributed by atoms with Gasteiger partial charge in [0.05, 0.1) is 0 Å². The Hall–Kier alpha value is -0.0800. The average molecular weight is 254 g/mol. The molecule has 1 atom stereocenters. The fourth-order valence-corrected chi connectivity index (χ4v) is 3.08. The largest absolute Gasteiger partial charge is 0.311 e. The van der Waals surface area contributed by atoms with Crippen LogP contribution in [0.1, 0.15) is 72.1 Å². The fourth-order valence-electron chi connectivity index (χ4n) is 3.08. The molecule has 1 heterocycles. The summed E-state index contributed by atoms with van der Waals surface area (Å²) >= 11 is 0. The maximum atomic E-state index is 3.93. The predicted octanol–water partition coefficient (Wildman–Crippen LogP) is 3.81. The Balaban J connectivity index is 2.23. The quantitative estimate of drug-likeness (QED) is 0.673. The molecule has 0 radical (unpaired) electrons. The van der Waals surface area contributed by atoms with Gasteiger partial charge in [0.25, 0.3) is 0 Å². The van der Waals surface area contributed by atoms with Gasteiger partial charge in [0.2, 0.25) is 0 Å². The van der Waals surface area contributed by atoms with Gasteiger partial charge in [-0.25, -0.2) is 0 Å². The number of unbranched alkanes of at least 4 members (excludes halogenated alkanes) is 1. The van der Waals surface area contributed by atoms with E-state index in [9.17, 15) is 0 Å². The second kappa shape index (κ2) is 9.80. The predicted molar refractivity (Wildman–Crippen MR) is 81.1 cm³/mol. The monoisotopic (exact) mass is 254 g/mol. The minimum absolute atomic E-state index is 0.776. The van der Waals surface area contributed by atoms with Crippen LogP contribution in [0.3, 0.4) is 0 Å². The number of nitrogens with one attached hydrogen (secondary N) is 1. The van der Waals surface area contributed by atoms with E-state index in [0.717, 1.165) is 12.1 Å². The summed E-state index contributed by atoms with van der Waals surface area (Å²) in [7, 11) is 0. The first-order valence-corrected chi connectivity index (χ1v) is 8.28. The van der Waals surface area contributed by atoms with Crippen molar-refractivity contribution in [3.63, 3.8) is 0 Å². The van der Waals surface area contributed by atoms with Gasteiger partial charge in [-0.3, -0.25) is 0 Å². The number of piperidine rings is 1. The number of hydrogen-bond donors (Lipinski definition) is 1. The molecule has 1 rings (SSSR count). The highest BCUT2D eigenvalue weighted by molar-refractivity contribution is 4.80. The number of rotatable bonds is 9. The number of nitrogens with zero attached hydrogens (tertiary/aromatic N) is 1. The molecule has 1 fully saturated rings. The molecule has 0 saturated carbocycles. The summed E-state index contributed by atoms with van der Waals surface area (Å²) in [5.41, 5.74) is 0. The van der Waals surface area contributed by atoms with E-state index in [4.69, 9.17) is 0 Å². The van der Waals surface area contributed by atoms with Crippen molar-refractivity contribution in [2.75, 3.05) is 19.6 Å². The number of likely N-dealkylation sites (tertiary alicyclic amines) is 1. The Labute approximate surface area is 115 Å². The Morgan fingerprint density at radius 3 is 2.28 bits per heavy atom. The van der Waals surface area contributed by atoms with Gasteiger partial charge in [0, 0.05) is 12.1 Å². The van der Waals surface area contributed by atoms with Crippen LogP contribution in [-0.4, -0.2) is 36.6 Å². The molecule has 0 aliphatic carbocycles. The van der Waals surface area contributed by atoms with Crippen LogP contribution in [0.5, 0.6) is 0 Å². The average Bonchev–Trinajstić information content (AvgIpc) is 2.39. The highest BCUT2D eigenvalue weighted by Crippen LogP contribution is 2.14. The van der Waals surface area contributed by atoms with E-state index in [1.807, 2.05) is 0 Å². The molecular weight excluding hydrogens is 220 g/mol. The minimum Gasteiger partial charge on any atom is -0.311 e. The van der Waals surface area contributed by atoms with Gasteiger partial charge in [-0.05, 0) is 51.7 Å². The van der Waals surface area contributed by atoms with Crippen LogP contribution in [0.25, 0.3) is 0 Å². The molecule has 0 bridgehead atoms. The summed E-state index contributed by atoms with van der Waals surface area (Å²) in [5, 5.41) is 3.93. The molecule has 0 aromatic rings. The summed E-state index contributed by atoms with van der Waals surface area (Å²) in [6, 6.07) is 1.56. The van der Waals surface area contributed by atoms with Crippen LogP contribution < -0.4 is 5.32 Å². The SMILES string of the molecule is CCCCC(CCC)NC1CCN(CCC)CC1. The van der Waals surface area contributed by atoms with Gasteiger partial charge < -0.3 is 10.2 Å². The zero-order valence-electron chi connectivity index (χ0n) is 12.9. The smallest absolute Gasteiger partial charge is 0.00940 e. The Bertz CT molecular complexity index is 186. The van der Waals surface area contributed by atoms with Gasteiger partial charge in [-0.15, -0.1) is 0 Å². The molecule has 108 valence electrons. The summed E-state index contributed by atoms with van der Waals surface area (Å²) in [6.45, 7) is 10.8. The summed E-state index contributed by atoms with van der Waals surface area (Å²) < 4.78 is 0. The molecule has 0 spiro atoms. The van der Waals surface area contributed by atoms with Crippen LogP contribution in [0, 0.1) is 0 Å². The van der Waals surface area contributed by atoms with Gasteiger partial charge in [-0.2, -0.15) is 0 Å². The van der Waals surface area contributed by atoms with E-state index in [-0.39, 0.29) is 0 Å². The third-order valence-corrected chi connectivity index (χ3v) is 4.14. The van der Waals surface area contributed by atoms with Crippen molar-refractivity contribution in [2.45, 2.75) is 84.2 Å². The summed E-state index contributed by atoms with van der Waals surface area (Å²) in [5.74, 6) is 0. The summed E-state index contributed by atoms with van der Waals surface area (Å²) in [6.07, 6.45) is 10.8. The third kappa shape index (κ3) is 6.19. The molecule has 2 heteroatoms. The highest BCUT2D eigenvalue weighted by atomic mass is 15.1. The fraction of sp³-hybridized carbons (Fsp3) is 1.00. The summed E-state index contributed by atoms with van der Waals surface area (Å²) in [4.78, 5) is 2.62. The second-order valence-corrected chi connectivity index (χ2v) is 5.91. The first-order chi connectivity index (χ1) is 8.80. The minimum atomic E-state index is 0.776. The van der Waals surface area contributed by atoms with Gasteiger partial charge in [0.1, 0.15) is 0 Å². The second-order valence-electron chi connectivity index (χ2n) is 5.91. The first-order valence-electron chi connectivity index (χ1n) is 8.28. The normalized spacial score (nSPS) is 20.2. The molecule has 18 heavy (non-hydrogen) atoms. The molecule has 0 amide bonds. The van der Waals surface area contributed by atoms with E-state index in [2.05, 4.69) is 31.0 Å². The van der Waals surface area contributed by atoms with Crippen molar-refractivity contribution in [1.82, 2.24) is 10.2 Å². The molecule has 1 saturated heterocycles. The first kappa shape index (κ1) is 16.0. The lowest BCUT2D eigenvalue weighted by molar-refractivity contribution is 0.187. The van der Waals surface area contributed by atoms with Crippen molar-refractivity contribution in [1.29, 1.82) is 0 Å². The molecule has 1 aliphatic rings. The van der Waals surface area contributed by atoms with Gasteiger partial charge >= 0.3 is 0 Å². The van der Waals surface area contributed by atoms with Crippen molar-refractivity contribution >= 4 is 0 Å². The van der Waals surface area contributed by atoms with Crippen LogP contribution in [-0.2, 0) is 0 Å². The van der Waals surface area contributed by atoms with E-state index in [1.54, 1.807) is 0 Å². The highest BCUT2D eigenvalue weighted by Gasteiger charge is 2.20. The van der Waals surface area contributed by atoms with E-state index in [1.165, 1.54) is 71.0 Å². The Kier molecular flexibility index (Phi) is 8.70. The lowest BCUT2D eigenvalue weighted by Gasteiger charge is -2.34. The van der Waals surface area contributed by atoms with Crippen molar-refractivity contribution in [3.8, 4) is 0 Å². The Morgan fingerprint density at radius 2 is 1.72 bits per heavy atom. The van der Waals surface area contributed by atoms with Crippen molar-refractivity contribution in [3.05, 3.63) is 0 Å². The lowest BCUT2D eigenvalue weighted by Crippen LogP contribution is -2.46. The molecule has 1 N–H and O–H groups in total.